The van der Waals surface area contributed by atoms with Crippen LogP contribution in [0.4, 0.5) is 0 Å². The standard InChI is InChI=1S/C13H17N/c1-2-4-12-10(3-1)5-6-11-9-14-8-7-13(11)12/h1-4,11,13-14H,5-9H2/t11-,13-/m0/s1. The Hall–Kier alpha value is -0.820. The Morgan fingerprint density at radius 3 is 3.07 bits per heavy atom. The molecule has 0 unspecified atom stereocenters. The third-order valence-electron chi connectivity index (χ3n) is 3.85. The van der Waals surface area contributed by atoms with Crippen LogP contribution in [0.15, 0.2) is 24.3 Å². The van der Waals surface area contributed by atoms with Crippen molar-refractivity contribution < 1.29 is 0 Å². The van der Waals surface area contributed by atoms with Crippen molar-refractivity contribution in [2.45, 2.75) is 25.2 Å². The van der Waals surface area contributed by atoms with Crippen LogP contribution in [0.25, 0.3) is 0 Å². The minimum absolute atomic E-state index is 0.848. The molecular formula is C13H17N. The first kappa shape index (κ1) is 8.49. The number of rotatable bonds is 0. The Morgan fingerprint density at radius 2 is 2.07 bits per heavy atom. The van der Waals surface area contributed by atoms with E-state index in [0.29, 0.717) is 0 Å². The molecule has 1 heteroatoms. The molecule has 1 nitrogen and oxygen atoms in total. The smallest absolute Gasteiger partial charge is 0.00145 e. The highest BCUT2D eigenvalue weighted by molar-refractivity contribution is 5.33. The fourth-order valence-corrected chi connectivity index (χ4v) is 3.10. The van der Waals surface area contributed by atoms with Gasteiger partial charge in [-0.25, -0.2) is 0 Å². The predicted octanol–water partition coefficient (Wildman–Crippen LogP) is 2.33. The average molecular weight is 187 g/mol. The van der Waals surface area contributed by atoms with Crippen LogP contribution in [0, 0.1) is 5.92 Å². The van der Waals surface area contributed by atoms with E-state index in [2.05, 4.69) is 29.6 Å². The van der Waals surface area contributed by atoms with Crippen LogP contribution in [0.3, 0.4) is 0 Å². The first-order valence-electron chi connectivity index (χ1n) is 5.73. The van der Waals surface area contributed by atoms with Crippen LogP contribution >= 0.6 is 0 Å². The largest absolute Gasteiger partial charge is 0.316 e. The van der Waals surface area contributed by atoms with Gasteiger partial charge in [0.05, 0.1) is 0 Å². The predicted molar refractivity (Wildman–Crippen MR) is 58.5 cm³/mol. The maximum absolute atomic E-state index is 3.51. The van der Waals surface area contributed by atoms with Gasteiger partial charge in [0.15, 0.2) is 0 Å². The summed E-state index contributed by atoms with van der Waals surface area (Å²) in [5.41, 5.74) is 3.25. The van der Waals surface area contributed by atoms with Crippen molar-refractivity contribution in [1.29, 1.82) is 0 Å². The van der Waals surface area contributed by atoms with E-state index < -0.39 is 0 Å². The second kappa shape index (κ2) is 3.39. The molecule has 1 aromatic rings. The molecule has 14 heavy (non-hydrogen) atoms. The van der Waals surface area contributed by atoms with Crippen LogP contribution < -0.4 is 5.32 Å². The molecule has 0 spiro atoms. The van der Waals surface area contributed by atoms with Gasteiger partial charge in [-0.15, -0.1) is 0 Å². The second-order valence-electron chi connectivity index (χ2n) is 4.60. The molecule has 0 amide bonds. The van der Waals surface area contributed by atoms with Gasteiger partial charge in [0.25, 0.3) is 0 Å². The number of fused-ring (bicyclic) bond motifs is 3. The zero-order valence-electron chi connectivity index (χ0n) is 8.50. The summed E-state index contributed by atoms with van der Waals surface area (Å²) in [5, 5.41) is 3.51. The lowest BCUT2D eigenvalue weighted by molar-refractivity contribution is 0.293. The van der Waals surface area contributed by atoms with Gasteiger partial charge in [0, 0.05) is 0 Å². The van der Waals surface area contributed by atoms with Crippen LogP contribution in [0.2, 0.25) is 0 Å². The lowest BCUT2D eigenvalue weighted by atomic mass is 9.72. The lowest BCUT2D eigenvalue weighted by Crippen LogP contribution is -2.37. The number of hydrogen-bond donors (Lipinski definition) is 1. The van der Waals surface area contributed by atoms with Crippen LogP contribution in [0.5, 0.6) is 0 Å². The molecule has 1 saturated heterocycles. The normalized spacial score (nSPS) is 30.6. The molecule has 1 aliphatic carbocycles. The lowest BCUT2D eigenvalue weighted by Gasteiger charge is -2.37. The molecule has 0 bridgehead atoms. The van der Waals surface area contributed by atoms with E-state index in [1.807, 2.05) is 0 Å². The summed E-state index contributed by atoms with van der Waals surface area (Å²) in [5.74, 6) is 1.75. The van der Waals surface area contributed by atoms with E-state index in [1.54, 1.807) is 11.1 Å². The molecule has 1 heterocycles. The molecule has 1 N–H and O–H groups in total. The highest BCUT2D eigenvalue weighted by Gasteiger charge is 2.30. The highest BCUT2D eigenvalue weighted by atomic mass is 14.9. The van der Waals surface area contributed by atoms with Crippen LogP contribution in [0.1, 0.15) is 29.9 Å². The van der Waals surface area contributed by atoms with Crippen molar-refractivity contribution in [1.82, 2.24) is 5.32 Å². The fraction of sp³-hybridized carbons (Fsp3) is 0.538. The number of piperidine rings is 1. The summed E-state index contributed by atoms with van der Waals surface area (Å²) < 4.78 is 0. The van der Waals surface area contributed by atoms with Gasteiger partial charge >= 0.3 is 0 Å². The SMILES string of the molecule is c1ccc2c(c1)CC[C@H]1CNCC[C@H]21. The molecule has 0 aromatic heterocycles. The second-order valence-corrected chi connectivity index (χ2v) is 4.60. The topological polar surface area (TPSA) is 12.0 Å². The Labute approximate surface area is 85.5 Å². The first-order chi connectivity index (χ1) is 6.95. The molecule has 2 aliphatic rings. The van der Waals surface area contributed by atoms with E-state index in [1.165, 1.54) is 32.4 Å². The van der Waals surface area contributed by atoms with Gasteiger partial charge in [-0.3, -0.25) is 0 Å². The Morgan fingerprint density at radius 1 is 1.14 bits per heavy atom. The summed E-state index contributed by atoms with van der Waals surface area (Å²) in [6.45, 7) is 2.44. The minimum atomic E-state index is 0.848. The summed E-state index contributed by atoms with van der Waals surface area (Å²) >= 11 is 0. The van der Waals surface area contributed by atoms with Crippen LogP contribution in [-0.2, 0) is 6.42 Å². The fourth-order valence-electron chi connectivity index (χ4n) is 3.10. The van der Waals surface area contributed by atoms with E-state index in [0.717, 1.165) is 11.8 Å². The van der Waals surface area contributed by atoms with Gasteiger partial charge < -0.3 is 5.32 Å². The maximum Gasteiger partial charge on any atom is -0.00145 e. The van der Waals surface area contributed by atoms with E-state index >= 15 is 0 Å². The van der Waals surface area contributed by atoms with Crippen LogP contribution in [-0.4, -0.2) is 13.1 Å². The van der Waals surface area contributed by atoms with Crippen molar-refractivity contribution >= 4 is 0 Å². The Bertz CT molecular complexity index is 332. The monoisotopic (exact) mass is 187 g/mol. The molecule has 74 valence electrons. The molecule has 0 saturated carbocycles. The Kier molecular flexibility index (Phi) is 2.06. The summed E-state index contributed by atoms with van der Waals surface area (Å²) in [4.78, 5) is 0. The van der Waals surface area contributed by atoms with Gasteiger partial charge in [-0.05, 0) is 55.3 Å². The molecule has 3 rings (SSSR count). The molecule has 2 atom stereocenters. The number of benzene rings is 1. The van der Waals surface area contributed by atoms with E-state index in [-0.39, 0.29) is 0 Å². The molecule has 1 aliphatic heterocycles. The van der Waals surface area contributed by atoms with Crippen molar-refractivity contribution in [3.63, 3.8) is 0 Å². The third-order valence-corrected chi connectivity index (χ3v) is 3.85. The zero-order chi connectivity index (χ0) is 9.38. The van der Waals surface area contributed by atoms with Gasteiger partial charge in [-0.1, -0.05) is 24.3 Å². The van der Waals surface area contributed by atoms with Crippen molar-refractivity contribution in [3.8, 4) is 0 Å². The summed E-state index contributed by atoms with van der Waals surface area (Å²) in [6, 6.07) is 9.04. The van der Waals surface area contributed by atoms with Gasteiger partial charge in [0.2, 0.25) is 0 Å². The molecule has 1 fully saturated rings. The van der Waals surface area contributed by atoms with Crippen molar-refractivity contribution in [2.75, 3.05) is 13.1 Å². The maximum atomic E-state index is 3.51. The summed E-state index contributed by atoms with van der Waals surface area (Å²) in [7, 11) is 0. The van der Waals surface area contributed by atoms with Crippen molar-refractivity contribution in [3.05, 3.63) is 35.4 Å². The average Bonchev–Trinajstić information content (AvgIpc) is 2.29. The number of nitrogens with one attached hydrogen (secondary N) is 1. The molecular weight excluding hydrogens is 170 g/mol. The Balaban J connectivity index is 1.99. The van der Waals surface area contributed by atoms with Crippen molar-refractivity contribution in [2.24, 2.45) is 5.92 Å². The summed E-state index contributed by atoms with van der Waals surface area (Å²) in [6.07, 6.45) is 4.01. The first-order valence-corrected chi connectivity index (χ1v) is 5.73. The molecule has 1 aromatic carbocycles. The highest BCUT2D eigenvalue weighted by Crippen LogP contribution is 2.39. The third kappa shape index (κ3) is 1.27. The quantitative estimate of drug-likeness (QED) is 0.657. The minimum Gasteiger partial charge on any atom is -0.316 e. The number of hydrogen-bond acceptors (Lipinski definition) is 1. The number of aryl methyl sites for hydroxylation is 1. The van der Waals surface area contributed by atoms with Gasteiger partial charge in [0.1, 0.15) is 0 Å². The van der Waals surface area contributed by atoms with E-state index in [4.69, 9.17) is 0 Å². The van der Waals surface area contributed by atoms with Gasteiger partial charge in [-0.2, -0.15) is 0 Å². The molecule has 0 radical (unpaired) electrons. The van der Waals surface area contributed by atoms with E-state index in [9.17, 15) is 0 Å². The zero-order valence-corrected chi connectivity index (χ0v) is 8.50.